The fourth-order valence-electron chi connectivity index (χ4n) is 0.742. The van der Waals surface area contributed by atoms with E-state index in [1.807, 2.05) is 6.92 Å². The van der Waals surface area contributed by atoms with E-state index < -0.39 is 5.03 Å². The lowest BCUT2D eigenvalue weighted by atomic mass is 10.6. The number of guanidine groups is 1. The van der Waals surface area contributed by atoms with Crippen molar-refractivity contribution in [3.63, 3.8) is 0 Å². The van der Waals surface area contributed by atoms with Crippen LogP contribution in [0.25, 0.3) is 0 Å². The molecular formula is C5H8N4O3. The molecule has 1 heterocycles. The van der Waals surface area contributed by atoms with E-state index in [9.17, 15) is 10.1 Å². The number of hydrogen-bond acceptors (Lipinski definition) is 3. The molecule has 0 bridgehead atoms. The van der Waals surface area contributed by atoms with Crippen LogP contribution in [-0.4, -0.2) is 35.6 Å². The van der Waals surface area contributed by atoms with Gasteiger partial charge in [0, 0.05) is 6.54 Å². The quantitative estimate of drug-likeness (QED) is 0.429. The second kappa shape index (κ2) is 3.65. The maximum atomic E-state index is 10.0. The summed E-state index contributed by atoms with van der Waals surface area (Å²) in [7, 11) is 0. The van der Waals surface area contributed by atoms with Crippen molar-refractivity contribution in [3.8, 4) is 0 Å². The maximum Gasteiger partial charge on any atom is 0.302 e. The van der Waals surface area contributed by atoms with Crippen molar-refractivity contribution in [3.05, 3.63) is 10.1 Å². The fraction of sp³-hybridized carbons (Fsp3) is 0.600. The average Bonchev–Trinajstić information content (AvgIpc) is 2.04. The molecule has 0 spiro atoms. The van der Waals surface area contributed by atoms with Gasteiger partial charge in [-0.25, -0.2) is 10.1 Å². The molecule has 0 aromatic carbocycles. The minimum Gasteiger partial charge on any atom is -0.462 e. The van der Waals surface area contributed by atoms with Crippen LogP contribution in [0.2, 0.25) is 0 Å². The number of hydrazone groups is 1. The van der Waals surface area contributed by atoms with Crippen LogP contribution >= 0.6 is 0 Å². The summed E-state index contributed by atoms with van der Waals surface area (Å²) < 4.78 is 4.82. The van der Waals surface area contributed by atoms with Gasteiger partial charge < -0.3 is 9.64 Å². The summed E-state index contributed by atoms with van der Waals surface area (Å²) >= 11 is 0. The minimum atomic E-state index is -0.777. The standard InChI is InChI=1S/C5H8N4O3/c1-2-8-4-12-3-6-5(8)7-9(10)11/h3H,2,4H2,1H3. The molecular weight excluding hydrogens is 164 g/mol. The molecule has 0 unspecified atom stereocenters. The molecule has 7 heteroatoms. The second-order valence-electron chi connectivity index (χ2n) is 2.02. The van der Waals surface area contributed by atoms with Crippen molar-refractivity contribution in [2.45, 2.75) is 6.92 Å². The molecule has 0 N–H and O–H groups in total. The molecule has 1 aliphatic rings. The van der Waals surface area contributed by atoms with Gasteiger partial charge in [-0.3, -0.25) is 0 Å². The molecule has 12 heavy (non-hydrogen) atoms. The van der Waals surface area contributed by atoms with Crippen LogP contribution in [0.15, 0.2) is 10.1 Å². The zero-order chi connectivity index (χ0) is 8.97. The fourth-order valence-corrected chi connectivity index (χ4v) is 0.742. The summed E-state index contributed by atoms with van der Waals surface area (Å²) in [5.74, 6) is 0.0775. The Morgan fingerprint density at radius 2 is 2.75 bits per heavy atom. The summed E-state index contributed by atoms with van der Waals surface area (Å²) in [6.45, 7) is 2.66. The van der Waals surface area contributed by atoms with Crippen LogP contribution < -0.4 is 0 Å². The Balaban J connectivity index is 2.77. The summed E-state index contributed by atoms with van der Waals surface area (Å²) in [5, 5.41) is 12.3. The van der Waals surface area contributed by atoms with Gasteiger partial charge in [-0.1, -0.05) is 0 Å². The highest BCUT2D eigenvalue weighted by atomic mass is 16.7. The lowest BCUT2D eigenvalue weighted by Crippen LogP contribution is -2.35. The molecule has 0 aromatic rings. The number of nitro groups is 1. The maximum absolute atomic E-state index is 10.0. The summed E-state index contributed by atoms with van der Waals surface area (Å²) in [5.41, 5.74) is 0. The molecule has 0 saturated carbocycles. The monoisotopic (exact) mass is 172 g/mol. The van der Waals surface area contributed by atoms with Gasteiger partial charge >= 0.3 is 5.96 Å². The van der Waals surface area contributed by atoms with E-state index in [0.29, 0.717) is 6.54 Å². The molecule has 0 amide bonds. The zero-order valence-electron chi connectivity index (χ0n) is 6.51. The summed E-state index contributed by atoms with van der Waals surface area (Å²) in [6.07, 6.45) is 1.15. The van der Waals surface area contributed by atoms with Crippen LogP contribution in [0.4, 0.5) is 0 Å². The van der Waals surface area contributed by atoms with Gasteiger partial charge in [0.1, 0.15) is 5.10 Å². The molecule has 0 aromatic heterocycles. The van der Waals surface area contributed by atoms with E-state index in [-0.39, 0.29) is 12.7 Å². The molecule has 0 saturated heterocycles. The minimum absolute atomic E-state index is 0.0775. The van der Waals surface area contributed by atoms with Crippen molar-refractivity contribution < 1.29 is 9.77 Å². The van der Waals surface area contributed by atoms with Gasteiger partial charge in [0.05, 0.1) is 0 Å². The van der Waals surface area contributed by atoms with E-state index in [1.165, 1.54) is 0 Å². The van der Waals surface area contributed by atoms with E-state index in [2.05, 4.69) is 10.1 Å². The first-order valence-electron chi connectivity index (χ1n) is 3.36. The number of rotatable bonds is 2. The Morgan fingerprint density at radius 3 is 3.33 bits per heavy atom. The van der Waals surface area contributed by atoms with Crippen molar-refractivity contribution in [1.82, 2.24) is 4.90 Å². The summed E-state index contributed by atoms with van der Waals surface area (Å²) in [6, 6.07) is 0. The van der Waals surface area contributed by atoms with Gasteiger partial charge in [-0.05, 0) is 6.92 Å². The SMILES string of the molecule is CCN1COC=NC1=N[N+](=O)[O-]. The Kier molecular flexibility index (Phi) is 2.57. The molecule has 1 aliphatic heterocycles. The summed E-state index contributed by atoms with van der Waals surface area (Å²) in [4.78, 5) is 15.2. The van der Waals surface area contributed by atoms with Gasteiger partial charge in [0.15, 0.2) is 18.2 Å². The van der Waals surface area contributed by atoms with Gasteiger partial charge in [-0.2, -0.15) is 4.99 Å². The smallest absolute Gasteiger partial charge is 0.302 e. The Hall–Kier alpha value is -1.66. The van der Waals surface area contributed by atoms with Crippen molar-refractivity contribution >= 4 is 12.4 Å². The van der Waals surface area contributed by atoms with E-state index >= 15 is 0 Å². The molecule has 0 atom stereocenters. The largest absolute Gasteiger partial charge is 0.462 e. The molecule has 0 fully saturated rings. The first-order chi connectivity index (χ1) is 5.74. The number of nitrogens with zero attached hydrogens (tertiary/aromatic N) is 4. The van der Waals surface area contributed by atoms with E-state index in [1.54, 1.807) is 4.90 Å². The lowest BCUT2D eigenvalue weighted by Gasteiger charge is -2.21. The van der Waals surface area contributed by atoms with Crippen LogP contribution in [0.3, 0.4) is 0 Å². The Bertz CT molecular complexity index is 237. The highest BCUT2D eigenvalue weighted by Crippen LogP contribution is 1.98. The molecule has 1 rings (SSSR count). The first kappa shape index (κ1) is 8.44. The normalized spacial score (nSPS) is 19.4. The topological polar surface area (TPSA) is 80.3 Å². The van der Waals surface area contributed by atoms with Crippen LogP contribution in [-0.2, 0) is 4.74 Å². The van der Waals surface area contributed by atoms with Crippen LogP contribution in [0.5, 0.6) is 0 Å². The molecule has 0 radical (unpaired) electrons. The second-order valence-corrected chi connectivity index (χ2v) is 2.02. The van der Waals surface area contributed by atoms with Gasteiger partial charge in [0.25, 0.3) is 0 Å². The zero-order valence-corrected chi connectivity index (χ0v) is 6.51. The first-order valence-corrected chi connectivity index (χ1v) is 3.36. The van der Waals surface area contributed by atoms with Crippen LogP contribution in [0.1, 0.15) is 6.92 Å². The predicted octanol–water partition coefficient (Wildman–Crippen LogP) is -0.128. The van der Waals surface area contributed by atoms with E-state index in [4.69, 9.17) is 4.74 Å². The highest BCUT2D eigenvalue weighted by Gasteiger charge is 2.15. The third-order valence-electron chi connectivity index (χ3n) is 1.31. The Morgan fingerprint density at radius 1 is 2.00 bits per heavy atom. The van der Waals surface area contributed by atoms with Crippen molar-refractivity contribution in [2.24, 2.45) is 10.1 Å². The van der Waals surface area contributed by atoms with Crippen LogP contribution in [0, 0.1) is 10.1 Å². The van der Waals surface area contributed by atoms with Crippen molar-refractivity contribution in [1.29, 1.82) is 0 Å². The third kappa shape index (κ3) is 1.91. The number of hydrogen-bond donors (Lipinski definition) is 0. The van der Waals surface area contributed by atoms with Gasteiger partial charge in [-0.15, -0.1) is 0 Å². The van der Waals surface area contributed by atoms with Crippen molar-refractivity contribution in [2.75, 3.05) is 13.3 Å². The predicted molar refractivity (Wildman–Crippen MR) is 41.3 cm³/mol. The molecule has 7 nitrogen and oxygen atoms in total. The molecule has 0 aliphatic carbocycles. The number of ether oxygens (including phenoxy) is 1. The third-order valence-corrected chi connectivity index (χ3v) is 1.31. The number of aliphatic imine (C=N–C) groups is 1. The van der Waals surface area contributed by atoms with Gasteiger partial charge in [0.2, 0.25) is 0 Å². The molecule has 66 valence electrons. The lowest BCUT2D eigenvalue weighted by molar-refractivity contribution is -0.485. The highest BCUT2D eigenvalue weighted by molar-refractivity contribution is 5.86. The average molecular weight is 172 g/mol. The van der Waals surface area contributed by atoms with E-state index in [0.717, 1.165) is 6.40 Å². The Labute approximate surface area is 68.5 Å².